The maximum Gasteiger partial charge on any atom is 0.266 e. The van der Waals surface area contributed by atoms with Gasteiger partial charge in [-0.15, -0.1) is 27.8 Å². The Balaban J connectivity index is 1.20. The zero-order valence-corrected chi connectivity index (χ0v) is 18.9. The molecule has 1 amide bonds. The second kappa shape index (κ2) is 8.88. The van der Waals surface area contributed by atoms with Crippen molar-refractivity contribution in [2.75, 3.05) is 26.2 Å². The van der Waals surface area contributed by atoms with Crippen LogP contribution in [0.1, 0.15) is 14.5 Å². The number of amides is 1. The van der Waals surface area contributed by atoms with Gasteiger partial charge in [-0.25, -0.2) is 0 Å². The number of thiophene rings is 2. The summed E-state index contributed by atoms with van der Waals surface area (Å²) in [5.74, 6) is 0.0391. The lowest BCUT2D eigenvalue weighted by Gasteiger charge is -2.34. The first-order valence-corrected chi connectivity index (χ1v) is 11.9. The Bertz CT molecular complexity index is 1180. The van der Waals surface area contributed by atoms with E-state index in [0.717, 1.165) is 35.9 Å². The molecule has 5 rings (SSSR count). The van der Waals surface area contributed by atoms with Crippen molar-refractivity contribution in [3.8, 4) is 16.1 Å². The summed E-state index contributed by atoms with van der Waals surface area (Å²) in [6.07, 6.45) is 1.51. The number of tetrazole rings is 1. The van der Waals surface area contributed by atoms with E-state index in [1.54, 1.807) is 11.3 Å². The largest absolute Gasteiger partial charge is 0.335 e. The number of piperazine rings is 1. The third-order valence-electron chi connectivity index (χ3n) is 5.27. The Morgan fingerprint density at radius 3 is 2.68 bits per heavy atom. The predicted octanol–water partition coefficient (Wildman–Crippen LogP) is 4.06. The fraction of sp³-hybridized carbons (Fsp3) is 0.238. The fourth-order valence-electron chi connectivity index (χ4n) is 3.66. The van der Waals surface area contributed by atoms with Gasteiger partial charge in [-0.2, -0.15) is 4.68 Å². The topological polar surface area (TPSA) is 67.2 Å². The minimum atomic E-state index is 0.0391. The standard InChI is InChI=1S/C21H19ClN6OS2/c22-17-4-2-1-3-16(17)19-6-5-15(31-19)13-26-8-10-27(11-9-26)21(29)20-18(7-12-30-20)28-14-23-24-25-28/h1-7,12,14H,8-11,13H2. The van der Waals surface area contributed by atoms with Crippen LogP contribution in [-0.2, 0) is 6.54 Å². The third-order valence-corrected chi connectivity index (χ3v) is 7.60. The molecule has 0 aliphatic carbocycles. The Hall–Kier alpha value is -2.59. The number of nitrogens with zero attached hydrogens (tertiary/aromatic N) is 6. The molecular weight excluding hydrogens is 452 g/mol. The van der Waals surface area contributed by atoms with Gasteiger partial charge in [-0.1, -0.05) is 29.8 Å². The molecule has 0 saturated carbocycles. The molecule has 4 aromatic rings. The van der Waals surface area contributed by atoms with Gasteiger partial charge in [0, 0.05) is 53.1 Å². The number of benzene rings is 1. The molecule has 0 unspecified atom stereocenters. The first-order valence-electron chi connectivity index (χ1n) is 9.85. The summed E-state index contributed by atoms with van der Waals surface area (Å²) < 4.78 is 1.54. The summed E-state index contributed by atoms with van der Waals surface area (Å²) in [7, 11) is 0. The highest BCUT2D eigenvalue weighted by atomic mass is 35.5. The molecule has 0 atom stereocenters. The van der Waals surface area contributed by atoms with Crippen molar-refractivity contribution in [3.05, 3.63) is 68.9 Å². The molecule has 1 fully saturated rings. The Kier molecular flexibility index (Phi) is 5.82. The molecule has 0 N–H and O–H groups in total. The van der Waals surface area contributed by atoms with Crippen molar-refractivity contribution in [2.24, 2.45) is 0 Å². The van der Waals surface area contributed by atoms with Gasteiger partial charge in [0.2, 0.25) is 0 Å². The van der Waals surface area contributed by atoms with Crippen molar-refractivity contribution in [2.45, 2.75) is 6.54 Å². The second-order valence-electron chi connectivity index (χ2n) is 7.20. The number of rotatable bonds is 5. The average Bonchev–Trinajstić information content (AvgIpc) is 3.55. The van der Waals surface area contributed by atoms with Gasteiger partial charge in [0.25, 0.3) is 5.91 Å². The van der Waals surface area contributed by atoms with Crippen molar-refractivity contribution >= 4 is 40.2 Å². The Morgan fingerprint density at radius 1 is 1.06 bits per heavy atom. The molecule has 1 saturated heterocycles. The van der Waals surface area contributed by atoms with E-state index in [4.69, 9.17) is 11.6 Å². The summed E-state index contributed by atoms with van der Waals surface area (Å²) in [5, 5.41) is 13.9. The van der Waals surface area contributed by atoms with Crippen LogP contribution in [0.25, 0.3) is 16.1 Å². The van der Waals surface area contributed by atoms with Crippen LogP contribution in [0.5, 0.6) is 0 Å². The maximum absolute atomic E-state index is 13.1. The van der Waals surface area contributed by atoms with Crippen molar-refractivity contribution in [1.29, 1.82) is 0 Å². The number of halogens is 1. The normalized spacial score (nSPS) is 14.8. The predicted molar refractivity (Wildman–Crippen MR) is 123 cm³/mol. The third kappa shape index (κ3) is 4.27. The molecule has 3 aromatic heterocycles. The van der Waals surface area contributed by atoms with E-state index in [9.17, 15) is 4.79 Å². The quantitative estimate of drug-likeness (QED) is 0.440. The molecule has 0 radical (unpaired) electrons. The molecule has 1 aliphatic heterocycles. The molecule has 0 spiro atoms. The number of hydrogen-bond donors (Lipinski definition) is 0. The first-order chi connectivity index (χ1) is 15.2. The number of aromatic nitrogens is 4. The first kappa shape index (κ1) is 20.3. The lowest BCUT2D eigenvalue weighted by Crippen LogP contribution is -2.48. The van der Waals surface area contributed by atoms with E-state index >= 15 is 0 Å². The van der Waals surface area contributed by atoms with Crippen LogP contribution in [0.2, 0.25) is 5.02 Å². The summed E-state index contributed by atoms with van der Waals surface area (Å²) in [6, 6.07) is 14.1. The lowest BCUT2D eigenvalue weighted by atomic mass is 10.2. The molecule has 10 heteroatoms. The van der Waals surface area contributed by atoms with Gasteiger partial charge >= 0.3 is 0 Å². The lowest BCUT2D eigenvalue weighted by molar-refractivity contribution is 0.0634. The number of carbonyl (C=O) groups is 1. The number of carbonyl (C=O) groups excluding carboxylic acids is 1. The minimum absolute atomic E-state index is 0.0391. The zero-order chi connectivity index (χ0) is 21.2. The SMILES string of the molecule is O=C(c1sccc1-n1cnnn1)N1CCN(Cc2ccc(-c3ccccc3Cl)s2)CC1. The molecule has 0 bridgehead atoms. The highest BCUT2D eigenvalue weighted by molar-refractivity contribution is 7.15. The van der Waals surface area contributed by atoms with Crippen LogP contribution >= 0.6 is 34.3 Å². The average molecular weight is 471 g/mol. The molecular formula is C21H19ClN6OS2. The van der Waals surface area contributed by atoms with Gasteiger partial charge in [0.15, 0.2) is 0 Å². The molecule has 4 heterocycles. The monoisotopic (exact) mass is 470 g/mol. The summed E-state index contributed by atoms with van der Waals surface area (Å²) in [5.41, 5.74) is 1.80. The molecule has 158 valence electrons. The van der Waals surface area contributed by atoms with Crippen LogP contribution in [0.15, 0.2) is 54.2 Å². The van der Waals surface area contributed by atoms with Crippen LogP contribution in [-0.4, -0.2) is 62.1 Å². The van der Waals surface area contributed by atoms with Crippen LogP contribution in [0.4, 0.5) is 0 Å². The van der Waals surface area contributed by atoms with Gasteiger partial charge in [-0.3, -0.25) is 9.69 Å². The van der Waals surface area contributed by atoms with E-state index < -0.39 is 0 Å². The summed E-state index contributed by atoms with van der Waals surface area (Å²) in [4.78, 5) is 20.5. The highest BCUT2D eigenvalue weighted by Gasteiger charge is 2.26. The van der Waals surface area contributed by atoms with Crippen molar-refractivity contribution < 1.29 is 4.79 Å². The van der Waals surface area contributed by atoms with E-state index in [2.05, 4.69) is 38.6 Å². The van der Waals surface area contributed by atoms with Crippen LogP contribution < -0.4 is 0 Å². The van der Waals surface area contributed by atoms with Gasteiger partial charge in [0.1, 0.15) is 11.2 Å². The summed E-state index contributed by atoms with van der Waals surface area (Å²) >= 11 is 9.54. The van der Waals surface area contributed by atoms with Gasteiger partial charge in [-0.05, 0) is 40.1 Å². The maximum atomic E-state index is 13.1. The van der Waals surface area contributed by atoms with Gasteiger partial charge < -0.3 is 4.90 Å². The van der Waals surface area contributed by atoms with Crippen molar-refractivity contribution in [3.63, 3.8) is 0 Å². The molecule has 7 nitrogen and oxygen atoms in total. The fourth-order valence-corrected chi connectivity index (χ4v) is 5.88. The molecule has 31 heavy (non-hydrogen) atoms. The van der Waals surface area contributed by atoms with Gasteiger partial charge in [0.05, 0.1) is 5.69 Å². The Morgan fingerprint density at radius 2 is 1.90 bits per heavy atom. The minimum Gasteiger partial charge on any atom is -0.335 e. The van der Waals surface area contributed by atoms with E-state index in [1.807, 2.05) is 34.5 Å². The Labute approximate surface area is 192 Å². The molecule has 1 aliphatic rings. The highest BCUT2D eigenvalue weighted by Crippen LogP contribution is 2.33. The van der Waals surface area contributed by atoms with E-state index in [0.29, 0.717) is 18.0 Å². The summed E-state index contributed by atoms with van der Waals surface area (Å²) in [6.45, 7) is 3.97. The zero-order valence-electron chi connectivity index (χ0n) is 16.5. The second-order valence-corrected chi connectivity index (χ2v) is 9.70. The smallest absolute Gasteiger partial charge is 0.266 e. The van der Waals surface area contributed by atoms with Crippen molar-refractivity contribution in [1.82, 2.24) is 30.0 Å². The van der Waals surface area contributed by atoms with Crippen LogP contribution in [0.3, 0.4) is 0 Å². The van der Waals surface area contributed by atoms with Crippen LogP contribution in [0, 0.1) is 0 Å². The van der Waals surface area contributed by atoms with E-state index in [1.165, 1.54) is 32.1 Å². The molecule has 1 aromatic carbocycles. The van der Waals surface area contributed by atoms with E-state index in [-0.39, 0.29) is 5.91 Å². The number of hydrogen-bond acceptors (Lipinski definition) is 7.